The van der Waals surface area contributed by atoms with Gasteiger partial charge in [-0.2, -0.15) is 5.26 Å². The average molecular weight is 256 g/mol. The highest BCUT2D eigenvalue weighted by molar-refractivity contribution is 5.94. The van der Waals surface area contributed by atoms with E-state index in [0.717, 1.165) is 6.20 Å². The molecule has 1 aromatic heterocycles. The Hall–Kier alpha value is -2.23. The summed E-state index contributed by atoms with van der Waals surface area (Å²) in [6.07, 6.45) is -2.00. The van der Waals surface area contributed by atoms with E-state index >= 15 is 0 Å². The molecule has 0 aliphatic rings. The van der Waals surface area contributed by atoms with Crippen molar-refractivity contribution in [2.45, 2.75) is 13.3 Å². The van der Waals surface area contributed by atoms with Gasteiger partial charge in [0.25, 0.3) is 6.43 Å². The maximum Gasteiger partial charge on any atom is 0.341 e. The highest BCUT2D eigenvalue weighted by Gasteiger charge is 2.28. The Morgan fingerprint density at radius 2 is 2.28 bits per heavy atom. The van der Waals surface area contributed by atoms with Crippen LogP contribution in [0.3, 0.4) is 0 Å². The topological polar surface area (TPSA) is 72.2 Å². The maximum absolute atomic E-state index is 13.0. The first-order chi connectivity index (χ1) is 8.56. The molecule has 1 heterocycles. The molecule has 0 aliphatic carbocycles. The van der Waals surface area contributed by atoms with Gasteiger partial charge < -0.3 is 9.47 Å². The van der Waals surface area contributed by atoms with E-state index in [-0.39, 0.29) is 12.4 Å². The average Bonchev–Trinajstić information content (AvgIpc) is 2.36. The number of hydrogen-bond acceptors (Lipinski definition) is 5. The van der Waals surface area contributed by atoms with Crippen LogP contribution >= 0.6 is 0 Å². The molecule has 0 spiro atoms. The lowest BCUT2D eigenvalue weighted by atomic mass is 10.1. The van der Waals surface area contributed by atoms with Crippen LogP contribution in [0.4, 0.5) is 8.78 Å². The highest BCUT2D eigenvalue weighted by atomic mass is 19.3. The Bertz CT molecular complexity index is 498. The summed E-state index contributed by atoms with van der Waals surface area (Å²) in [5, 5.41) is 8.80. The molecule has 0 atom stereocenters. The second-order valence-electron chi connectivity index (χ2n) is 3.10. The van der Waals surface area contributed by atoms with Gasteiger partial charge in [-0.1, -0.05) is 0 Å². The second-order valence-corrected chi connectivity index (χ2v) is 3.10. The SMILES string of the molecule is CCOC(=O)c1c(C#N)ncc(OC)c1C(F)F. The van der Waals surface area contributed by atoms with E-state index in [0.29, 0.717) is 0 Å². The number of carbonyl (C=O) groups is 1. The number of nitrogens with zero attached hydrogens (tertiary/aromatic N) is 2. The minimum Gasteiger partial charge on any atom is -0.495 e. The molecular formula is C11H10F2N2O3. The Kier molecular flexibility index (Phi) is 4.54. The third kappa shape index (κ3) is 2.53. The fourth-order valence-electron chi connectivity index (χ4n) is 1.38. The van der Waals surface area contributed by atoms with Crippen molar-refractivity contribution in [1.29, 1.82) is 5.26 Å². The molecule has 0 bridgehead atoms. The number of alkyl halides is 2. The minimum atomic E-state index is -2.98. The third-order valence-corrected chi connectivity index (χ3v) is 2.11. The van der Waals surface area contributed by atoms with Crippen molar-refractivity contribution in [2.75, 3.05) is 13.7 Å². The van der Waals surface area contributed by atoms with E-state index in [1.165, 1.54) is 14.0 Å². The molecule has 5 nitrogen and oxygen atoms in total. The molecule has 0 radical (unpaired) electrons. The standard InChI is InChI=1S/C11H10F2N2O3/c1-3-18-11(16)8-6(4-14)15-5-7(17-2)9(8)10(12)13/h5,10H,3H2,1-2H3. The number of aromatic nitrogens is 1. The van der Waals surface area contributed by atoms with Gasteiger partial charge in [0.05, 0.1) is 25.5 Å². The van der Waals surface area contributed by atoms with Crippen molar-refractivity contribution >= 4 is 5.97 Å². The molecule has 18 heavy (non-hydrogen) atoms. The van der Waals surface area contributed by atoms with Crippen LogP contribution in [-0.2, 0) is 4.74 Å². The van der Waals surface area contributed by atoms with E-state index in [9.17, 15) is 13.6 Å². The Morgan fingerprint density at radius 3 is 2.72 bits per heavy atom. The van der Waals surface area contributed by atoms with Crippen LogP contribution < -0.4 is 4.74 Å². The zero-order valence-electron chi connectivity index (χ0n) is 9.74. The third-order valence-electron chi connectivity index (χ3n) is 2.11. The van der Waals surface area contributed by atoms with Crippen LogP contribution in [0.2, 0.25) is 0 Å². The van der Waals surface area contributed by atoms with Gasteiger partial charge in [-0.3, -0.25) is 0 Å². The van der Waals surface area contributed by atoms with Crippen LogP contribution in [0.25, 0.3) is 0 Å². The van der Waals surface area contributed by atoms with Crippen LogP contribution in [0.5, 0.6) is 5.75 Å². The molecule has 0 saturated carbocycles. The van der Waals surface area contributed by atoms with Gasteiger partial charge in [0.2, 0.25) is 0 Å². The van der Waals surface area contributed by atoms with Gasteiger partial charge >= 0.3 is 5.97 Å². The lowest BCUT2D eigenvalue weighted by Gasteiger charge is -2.12. The number of esters is 1. The van der Waals surface area contributed by atoms with Gasteiger partial charge in [-0.15, -0.1) is 0 Å². The predicted octanol–water partition coefficient (Wildman–Crippen LogP) is 2.08. The van der Waals surface area contributed by atoms with E-state index in [2.05, 4.69) is 9.72 Å². The summed E-state index contributed by atoms with van der Waals surface area (Å²) in [5.41, 5.74) is -1.64. The van der Waals surface area contributed by atoms with Gasteiger partial charge in [0.15, 0.2) is 5.69 Å². The molecular weight excluding hydrogens is 246 g/mol. The van der Waals surface area contributed by atoms with E-state index < -0.39 is 29.2 Å². The Labute approximate surface area is 102 Å². The molecule has 0 saturated heterocycles. The molecule has 0 aromatic carbocycles. The van der Waals surface area contributed by atoms with Gasteiger partial charge in [0.1, 0.15) is 17.4 Å². The number of rotatable bonds is 4. The van der Waals surface area contributed by atoms with E-state index in [1.54, 1.807) is 6.07 Å². The number of carbonyl (C=O) groups excluding carboxylic acids is 1. The predicted molar refractivity (Wildman–Crippen MR) is 56.4 cm³/mol. The molecule has 0 fully saturated rings. The normalized spacial score (nSPS) is 10.0. The molecule has 0 amide bonds. The quantitative estimate of drug-likeness (QED) is 0.771. The van der Waals surface area contributed by atoms with Crippen LogP contribution in [-0.4, -0.2) is 24.7 Å². The summed E-state index contributed by atoms with van der Waals surface area (Å²) in [6, 6.07) is 1.58. The molecule has 1 rings (SSSR count). The summed E-state index contributed by atoms with van der Waals surface area (Å²) in [5.74, 6) is -1.28. The fourth-order valence-corrected chi connectivity index (χ4v) is 1.38. The number of methoxy groups -OCH3 is 1. The Balaban J connectivity index is 3.51. The van der Waals surface area contributed by atoms with Gasteiger partial charge in [-0.05, 0) is 6.92 Å². The zero-order chi connectivity index (χ0) is 13.7. The summed E-state index contributed by atoms with van der Waals surface area (Å²) in [7, 11) is 1.17. The maximum atomic E-state index is 13.0. The molecule has 96 valence electrons. The van der Waals surface area contributed by atoms with E-state index in [1.807, 2.05) is 0 Å². The van der Waals surface area contributed by atoms with E-state index in [4.69, 9.17) is 10.00 Å². The summed E-state index contributed by atoms with van der Waals surface area (Å²) in [4.78, 5) is 15.2. The van der Waals surface area contributed by atoms with Crippen LogP contribution in [0, 0.1) is 11.3 Å². The monoisotopic (exact) mass is 256 g/mol. The molecule has 1 aromatic rings. The lowest BCUT2D eigenvalue weighted by Crippen LogP contribution is -2.13. The Morgan fingerprint density at radius 1 is 1.61 bits per heavy atom. The first-order valence-electron chi connectivity index (χ1n) is 4.99. The summed E-state index contributed by atoms with van der Waals surface area (Å²) < 4.78 is 35.3. The summed E-state index contributed by atoms with van der Waals surface area (Å²) in [6.45, 7) is 1.53. The van der Waals surface area contributed by atoms with Crippen molar-refractivity contribution < 1.29 is 23.0 Å². The molecule has 0 aliphatic heterocycles. The number of ether oxygens (including phenoxy) is 2. The number of pyridine rings is 1. The second kappa shape index (κ2) is 5.91. The van der Waals surface area contributed by atoms with Crippen molar-refractivity contribution in [3.8, 4) is 11.8 Å². The first kappa shape index (κ1) is 13.8. The number of halogens is 2. The fraction of sp³-hybridized carbons (Fsp3) is 0.364. The molecule has 0 N–H and O–H groups in total. The van der Waals surface area contributed by atoms with Crippen molar-refractivity contribution in [1.82, 2.24) is 4.98 Å². The van der Waals surface area contributed by atoms with Crippen LogP contribution in [0.15, 0.2) is 6.20 Å². The molecule has 0 unspecified atom stereocenters. The first-order valence-corrected chi connectivity index (χ1v) is 4.99. The van der Waals surface area contributed by atoms with Crippen molar-refractivity contribution in [3.05, 3.63) is 23.0 Å². The van der Waals surface area contributed by atoms with Crippen molar-refractivity contribution in [2.24, 2.45) is 0 Å². The van der Waals surface area contributed by atoms with Crippen molar-refractivity contribution in [3.63, 3.8) is 0 Å². The number of hydrogen-bond donors (Lipinski definition) is 0. The smallest absolute Gasteiger partial charge is 0.341 e. The largest absolute Gasteiger partial charge is 0.495 e. The number of nitriles is 1. The van der Waals surface area contributed by atoms with Gasteiger partial charge in [0, 0.05) is 0 Å². The van der Waals surface area contributed by atoms with Crippen LogP contribution in [0.1, 0.15) is 35.0 Å². The zero-order valence-corrected chi connectivity index (χ0v) is 9.74. The lowest BCUT2D eigenvalue weighted by molar-refractivity contribution is 0.0513. The minimum absolute atomic E-state index is 0.00356. The highest BCUT2D eigenvalue weighted by Crippen LogP contribution is 2.33. The summed E-state index contributed by atoms with van der Waals surface area (Å²) >= 11 is 0. The molecule has 7 heteroatoms. The van der Waals surface area contributed by atoms with Gasteiger partial charge in [-0.25, -0.2) is 18.6 Å².